The van der Waals surface area contributed by atoms with Crippen molar-refractivity contribution < 1.29 is 14.6 Å². The Morgan fingerprint density at radius 2 is 2.32 bits per heavy atom. The topological polar surface area (TPSA) is 49.8 Å². The Hall–Kier alpha value is -1.55. The molecule has 0 saturated heterocycles. The van der Waals surface area contributed by atoms with Gasteiger partial charge in [-0.1, -0.05) is 19.1 Å². The molecule has 4 nitrogen and oxygen atoms in total. The van der Waals surface area contributed by atoms with Gasteiger partial charge in [0, 0.05) is 13.0 Å². The summed E-state index contributed by atoms with van der Waals surface area (Å²) in [5.74, 6) is 0.251. The van der Waals surface area contributed by atoms with Gasteiger partial charge in [-0.05, 0) is 37.1 Å². The number of hydrogen-bond donors (Lipinski definition) is 1. The smallest absolute Gasteiger partial charge is 0.320 e. The zero-order valence-corrected chi connectivity index (χ0v) is 11.6. The maximum atomic E-state index is 11.1. The van der Waals surface area contributed by atoms with Crippen LogP contribution in [0, 0.1) is 0 Å². The van der Waals surface area contributed by atoms with Gasteiger partial charge in [0.25, 0.3) is 0 Å². The van der Waals surface area contributed by atoms with Crippen molar-refractivity contribution in [3.05, 3.63) is 29.3 Å². The van der Waals surface area contributed by atoms with Crippen LogP contribution in [0.25, 0.3) is 0 Å². The molecule has 1 heterocycles. The SMILES string of the molecule is CCC(C(=O)O)N(C)CCc1ccc2c(c1)CCO2. The van der Waals surface area contributed by atoms with Gasteiger partial charge in [0.1, 0.15) is 11.8 Å². The fourth-order valence-electron chi connectivity index (χ4n) is 2.53. The Bertz CT molecular complexity index is 459. The number of fused-ring (bicyclic) bond motifs is 1. The van der Waals surface area contributed by atoms with E-state index in [4.69, 9.17) is 9.84 Å². The van der Waals surface area contributed by atoms with Crippen LogP contribution < -0.4 is 4.74 Å². The van der Waals surface area contributed by atoms with E-state index in [9.17, 15) is 4.79 Å². The van der Waals surface area contributed by atoms with Gasteiger partial charge in [-0.15, -0.1) is 0 Å². The molecule has 1 aromatic rings. The van der Waals surface area contributed by atoms with Crippen molar-refractivity contribution in [2.75, 3.05) is 20.2 Å². The van der Waals surface area contributed by atoms with Gasteiger partial charge in [-0.3, -0.25) is 9.69 Å². The number of carbonyl (C=O) groups is 1. The minimum Gasteiger partial charge on any atom is -0.493 e. The monoisotopic (exact) mass is 263 g/mol. The van der Waals surface area contributed by atoms with Crippen molar-refractivity contribution in [3.8, 4) is 5.75 Å². The molecule has 0 aromatic heterocycles. The van der Waals surface area contributed by atoms with Crippen LogP contribution in [0.15, 0.2) is 18.2 Å². The quantitative estimate of drug-likeness (QED) is 0.852. The Balaban J connectivity index is 1.93. The molecule has 0 aliphatic carbocycles. The lowest BCUT2D eigenvalue weighted by Crippen LogP contribution is -2.39. The number of likely N-dealkylation sites (N-methyl/N-ethyl adjacent to an activating group) is 1. The van der Waals surface area contributed by atoms with Crippen LogP contribution in [0.3, 0.4) is 0 Å². The minimum atomic E-state index is -0.743. The first-order valence-corrected chi connectivity index (χ1v) is 6.79. The average molecular weight is 263 g/mol. The van der Waals surface area contributed by atoms with Crippen LogP contribution in [0.2, 0.25) is 0 Å². The van der Waals surface area contributed by atoms with E-state index in [0.717, 1.165) is 31.7 Å². The molecule has 4 heteroatoms. The summed E-state index contributed by atoms with van der Waals surface area (Å²) in [7, 11) is 1.87. The molecule has 0 spiro atoms. The highest BCUT2D eigenvalue weighted by Crippen LogP contribution is 2.26. The van der Waals surface area contributed by atoms with E-state index >= 15 is 0 Å². The summed E-state index contributed by atoms with van der Waals surface area (Å²) in [4.78, 5) is 13.0. The van der Waals surface area contributed by atoms with E-state index in [1.54, 1.807) is 0 Å². The van der Waals surface area contributed by atoms with E-state index in [2.05, 4.69) is 12.1 Å². The van der Waals surface area contributed by atoms with Crippen LogP contribution in [0.4, 0.5) is 0 Å². The van der Waals surface area contributed by atoms with Gasteiger partial charge in [-0.2, -0.15) is 0 Å². The Morgan fingerprint density at radius 3 is 3.00 bits per heavy atom. The van der Waals surface area contributed by atoms with Crippen molar-refractivity contribution in [1.29, 1.82) is 0 Å². The maximum absolute atomic E-state index is 11.1. The second-order valence-corrected chi connectivity index (χ2v) is 5.03. The summed E-state index contributed by atoms with van der Waals surface area (Å²) in [6.07, 6.45) is 2.48. The van der Waals surface area contributed by atoms with Gasteiger partial charge in [0.15, 0.2) is 0 Å². The Labute approximate surface area is 114 Å². The summed E-state index contributed by atoms with van der Waals surface area (Å²) in [6.45, 7) is 3.43. The Kier molecular flexibility index (Phi) is 4.43. The largest absolute Gasteiger partial charge is 0.493 e. The molecule has 1 aliphatic heterocycles. The standard InChI is InChI=1S/C15H21NO3/c1-3-13(15(17)18)16(2)8-6-11-4-5-14-12(10-11)7-9-19-14/h4-5,10,13H,3,6-9H2,1-2H3,(H,17,18). The van der Waals surface area contributed by atoms with E-state index in [1.165, 1.54) is 11.1 Å². The fourth-order valence-corrected chi connectivity index (χ4v) is 2.53. The van der Waals surface area contributed by atoms with Crippen LogP contribution in [-0.2, 0) is 17.6 Å². The Morgan fingerprint density at radius 1 is 1.53 bits per heavy atom. The molecular formula is C15H21NO3. The molecule has 104 valence electrons. The lowest BCUT2D eigenvalue weighted by Gasteiger charge is -2.23. The number of carboxylic acid groups (broad SMARTS) is 1. The highest BCUT2D eigenvalue weighted by atomic mass is 16.5. The molecule has 1 unspecified atom stereocenters. The average Bonchev–Trinajstić information content (AvgIpc) is 2.84. The van der Waals surface area contributed by atoms with Crippen molar-refractivity contribution in [1.82, 2.24) is 4.90 Å². The number of nitrogens with zero attached hydrogens (tertiary/aromatic N) is 1. The summed E-state index contributed by atoms with van der Waals surface area (Å²) in [6, 6.07) is 5.88. The summed E-state index contributed by atoms with van der Waals surface area (Å²) >= 11 is 0. The van der Waals surface area contributed by atoms with Gasteiger partial charge in [0.05, 0.1) is 6.61 Å². The third kappa shape index (κ3) is 3.26. The molecule has 0 radical (unpaired) electrons. The van der Waals surface area contributed by atoms with Gasteiger partial charge < -0.3 is 9.84 Å². The van der Waals surface area contributed by atoms with E-state index in [0.29, 0.717) is 6.42 Å². The molecule has 1 aromatic carbocycles. The van der Waals surface area contributed by atoms with Crippen molar-refractivity contribution in [2.45, 2.75) is 32.2 Å². The first kappa shape index (κ1) is 13.9. The zero-order chi connectivity index (χ0) is 13.8. The van der Waals surface area contributed by atoms with Crippen molar-refractivity contribution in [2.24, 2.45) is 0 Å². The van der Waals surface area contributed by atoms with Crippen LogP contribution in [0.5, 0.6) is 5.75 Å². The molecule has 0 bridgehead atoms. The second-order valence-electron chi connectivity index (χ2n) is 5.03. The maximum Gasteiger partial charge on any atom is 0.320 e. The number of aliphatic carboxylic acids is 1. The number of rotatable bonds is 6. The van der Waals surface area contributed by atoms with Crippen molar-refractivity contribution in [3.63, 3.8) is 0 Å². The molecule has 1 atom stereocenters. The molecule has 0 amide bonds. The van der Waals surface area contributed by atoms with Crippen molar-refractivity contribution >= 4 is 5.97 Å². The lowest BCUT2D eigenvalue weighted by atomic mass is 10.1. The number of ether oxygens (including phenoxy) is 1. The molecule has 0 saturated carbocycles. The number of benzene rings is 1. The van der Waals surface area contributed by atoms with Crippen LogP contribution in [-0.4, -0.2) is 42.2 Å². The number of hydrogen-bond acceptors (Lipinski definition) is 3. The van der Waals surface area contributed by atoms with E-state index < -0.39 is 12.0 Å². The first-order valence-electron chi connectivity index (χ1n) is 6.79. The molecule has 0 fully saturated rings. The molecule has 1 N–H and O–H groups in total. The normalized spacial score (nSPS) is 15.1. The van der Waals surface area contributed by atoms with Crippen LogP contribution in [0.1, 0.15) is 24.5 Å². The molecular weight excluding hydrogens is 242 g/mol. The molecule has 1 aliphatic rings. The van der Waals surface area contributed by atoms with E-state index in [-0.39, 0.29) is 0 Å². The highest BCUT2D eigenvalue weighted by molar-refractivity contribution is 5.73. The first-order chi connectivity index (χ1) is 9.11. The lowest BCUT2D eigenvalue weighted by molar-refractivity contribution is -0.142. The fraction of sp³-hybridized carbons (Fsp3) is 0.533. The summed E-state index contributed by atoms with van der Waals surface area (Å²) in [5, 5.41) is 9.11. The van der Waals surface area contributed by atoms with Crippen LogP contribution >= 0.6 is 0 Å². The van der Waals surface area contributed by atoms with Gasteiger partial charge in [-0.25, -0.2) is 0 Å². The second kappa shape index (κ2) is 6.06. The minimum absolute atomic E-state index is 0.391. The predicted octanol–water partition coefficient (Wildman–Crippen LogP) is 1.96. The molecule has 2 rings (SSSR count). The van der Waals surface area contributed by atoms with Gasteiger partial charge in [0.2, 0.25) is 0 Å². The third-order valence-corrected chi connectivity index (χ3v) is 3.71. The van der Waals surface area contributed by atoms with E-state index in [1.807, 2.05) is 24.9 Å². The van der Waals surface area contributed by atoms with Gasteiger partial charge >= 0.3 is 5.97 Å². The zero-order valence-electron chi connectivity index (χ0n) is 11.6. The predicted molar refractivity (Wildman–Crippen MR) is 73.7 cm³/mol. The highest BCUT2D eigenvalue weighted by Gasteiger charge is 2.20. The third-order valence-electron chi connectivity index (χ3n) is 3.71. The number of carboxylic acids is 1. The summed E-state index contributed by atoms with van der Waals surface area (Å²) in [5.41, 5.74) is 2.52. The molecule has 19 heavy (non-hydrogen) atoms. The summed E-state index contributed by atoms with van der Waals surface area (Å²) < 4.78 is 5.48.